The van der Waals surface area contributed by atoms with Gasteiger partial charge in [0.1, 0.15) is 0 Å². The summed E-state index contributed by atoms with van der Waals surface area (Å²) in [6.45, 7) is 1.88. The molecule has 0 radical (unpaired) electrons. The van der Waals surface area contributed by atoms with E-state index in [1.165, 1.54) is 6.07 Å². The molecule has 1 aromatic heterocycles. The van der Waals surface area contributed by atoms with Crippen molar-refractivity contribution in [3.63, 3.8) is 0 Å². The van der Waals surface area contributed by atoms with Gasteiger partial charge in [0.25, 0.3) is 0 Å². The number of halogens is 4. The van der Waals surface area contributed by atoms with Crippen molar-refractivity contribution < 1.29 is 8.78 Å². The molecule has 9 heteroatoms. The largest absolute Gasteiger partial charge is 0.366 e. The molecule has 0 unspecified atom stereocenters. The standard InChI is InChI=1S/C15H11BrF2IN5/c1-6-4-7(19)2-3-10(6)21-13-8(14-22-15(20)24-23-14)5-9(16)11(17)12(13)18/h2-5,21H,1H3,(H3,20,22,23,24). The summed E-state index contributed by atoms with van der Waals surface area (Å²) in [5.74, 6) is -1.76. The maximum absolute atomic E-state index is 14.5. The monoisotopic (exact) mass is 505 g/mol. The number of hydrogen-bond acceptors (Lipinski definition) is 4. The molecule has 4 N–H and O–H groups in total. The summed E-state index contributed by atoms with van der Waals surface area (Å²) in [7, 11) is 0. The number of nitrogen functional groups attached to an aromatic ring is 1. The van der Waals surface area contributed by atoms with Crippen LogP contribution in [0.4, 0.5) is 26.1 Å². The van der Waals surface area contributed by atoms with Gasteiger partial charge in [0.15, 0.2) is 17.5 Å². The molecule has 24 heavy (non-hydrogen) atoms. The zero-order valence-corrected chi connectivity index (χ0v) is 16.0. The van der Waals surface area contributed by atoms with Crippen LogP contribution in [-0.4, -0.2) is 15.2 Å². The van der Waals surface area contributed by atoms with E-state index in [1.807, 2.05) is 19.1 Å². The Bertz CT molecular complexity index is 928. The first-order valence-electron chi connectivity index (χ1n) is 6.75. The number of aromatic amines is 1. The average molecular weight is 506 g/mol. The molecule has 0 spiro atoms. The Labute approximate surface area is 158 Å². The van der Waals surface area contributed by atoms with Gasteiger partial charge in [0.05, 0.1) is 10.2 Å². The zero-order chi connectivity index (χ0) is 17.4. The molecule has 0 amide bonds. The lowest BCUT2D eigenvalue weighted by molar-refractivity contribution is 0.507. The van der Waals surface area contributed by atoms with Crippen LogP contribution in [0.3, 0.4) is 0 Å². The van der Waals surface area contributed by atoms with Crippen molar-refractivity contribution in [1.82, 2.24) is 15.2 Å². The smallest absolute Gasteiger partial charge is 0.239 e. The maximum atomic E-state index is 14.5. The van der Waals surface area contributed by atoms with E-state index in [1.54, 1.807) is 6.07 Å². The number of rotatable bonds is 3. The molecule has 1 heterocycles. The van der Waals surface area contributed by atoms with Crippen molar-refractivity contribution in [2.45, 2.75) is 6.92 Å². The van der Waals surface area contributed by atoms with Gasteiger partial charge in [-0.3, -0.25) is 5.10 Å². The second-order valence-corrected chi connectivity index (χ2v) is 7.14. The predicted molar refractivity (Wildman–Crippen MR) is 101 cm³/mol. The van der Waals surface area contributed by atoms with E-state index < -0.39 is 11.6 Å². The number of aromatic nitrogens is 3. The second kappa shape index (κ2) is 6.63. The summed E-state index contributed by atoms with van der Waals surface area (Å²) >= 11 is 5.19. The van der Waals surface area contributed by atoms with E-state index in [4.69, 9.17) is 5.73 Å². The molecule has 0 aliphatic rings. The van der Waals surface area contributed by atoms with Crippen molar-refractivity contribution in [2.24, 2.45) is 0 Å². The van der Waals surface area contributed by atoms with Crippen molar-refractivity contribution in [3.05, 3.63) is 49.5 Å². The number of nitrogens with two attached hydrogens (primary N) is 1. The van der Waals surface area contributed by atoms with Crippen LogP contribution in [0.15, 0.2) is 28.7 Å². The van der Waals surface area contributed by atoms with Crippen LogP contribution >= 0.6 is 38.5 Å². The molecule has 124 valence electrons. The van der Waals surface area contributed by atoms with Crippen LogP contribution in [0.5, 0.6) is 0 Å². The van der Waals surface area contributed by atoms with E-state index in [0.29, 0.717) is 11.3 Å². The summed E-state index contributed by atoms with van der Waals surface area (Å²) in [5.41, 5.74) is 7.33. The van der Waals surface area contributed by atoms with Gasteiger partial charge in [0, 0.05) is 14.8 Å². The first-order valence-corrected chi connectivity index (χ1v) is 8.63. The SMILES string of the molecule is Cc1cc(I)ccc1Nc1c(-c2nc(N)n[nH]2)cc(Br)c(F)c1F. The Morgan fingerprint density at radius 3 is 2.62 bits per heavy atom. The summed E-state index contributed by atoms with van der Waals surface area (Å²) in [6.07, 6.45) is 0. The van der Waals surface area contributed by atoms with Crippen molar-refractivity contribution in [3.8, 4) is 11.4 Å². The van der Waals surface area contributed by atoms with Gasteiger partial charge in [-0.15, -0.1) is 5.10 Å². The van der Waals surface area contributed by atoms with Crippen LogP contribution in [0.1, 0.15) is 5.56 Å². The third-order valence-electron chi connectivity index (χ3n) is 3.37. The quantitative estimate of drug-likeness (QED) is 0.354. The fourth-order valence-corrected chi connectivity index (χ4v) is 3.25. The Hall–Kier alpha value is -1.75. The third-order valence-corrected chi connectivity index (χ3v) is 4.62. The molecule has 0 aliphatic heterocycles. The normalized spacial score (nSPS) is 10.9. The fraction of sp³-hybridized carbons (Fsp3) is 0.0667. The van der Waals surface area contributed by atoms with Gasteiger partial charge in [-0.05, 0) is 75.3 Å². The first-order chi connectivity index (χ1) is 11.4. The fourth-order valence-electron chi connectivity index (χ4n) is 2.20. The summed E-state index contributed by atoms with van der Waals surface area (Å²) in [6, 6.07) is 7.02. The Morgan fingerprint density at radius 1 is 1.25 bits per heavy atom. The summed E-state index contributed by atoms with van der Waals surface area (Å²) in [4.78, 5) is 3.99. The molecule has 0 fully saturated rings. The number of nitrogens with one attached hydrogen (secondary N) is 2. The topological polar surface area (TPSA) is 79.6 Å². The number of hydrogen-bond donors (Lipinski definition) is 3. The molecule has 0 atom stereocenters. The lowest BCUT2D eigenvalue weighted by Crippen LogP contribution is -2.02. The summed E-state index contributed by atoms with van der Waals surface area (Å²) < 4.78 is 29.6. The third kappa shape index (κ3) is 3.22. The van der Waals surface area contributed by atoms with Gasteiger partial charge in [-0.25, -0.2) is 8.78 Å². The highest BCUT2D eigenvalue weighted by atomic mass is 127. The van der Waals surface area contributed by atoms with E-state index in [2.05, 4.69) is 59.0 Å². The van der Waals surface area contributed by atoms with Gasteiger partial charge in [-0.2, -0.15) is 4.98 Å². The minimum atomic E-state index is -1.02. The van der Waals surface area contributed by atoms with E-state index in [9.17, 15) is 8.78 Å². The minimum Gasteiger partial charge on any atom is -0.366 e. The summed E-state index contributed by atoms with van der Waals surface area (Å²) in [5, 5.41) is 9.29. The van der Waals surface area contributed by atoms with Crippen LogP contribution in [0, 0.1) is 22.1 Å². The number of nitrogens with zero attached hydrogens (tertiary/aromatic N) is 2. The number of aryl methyl sites for hydroxylation is 1. The van der Waals surface area contributed by atoms with E-state index in [-0.39, 0.29) is 21.9 Å². The first kappa shape index (κ1) is 17.1. The highest BCUT2D eigenvalue weighted by Crippen LogP contribution is 2.37. The Kier molecular flexibility index (Phi) is 4.72. The maximum Gasteiger partial charge on any atom is 0.239 e. The van der Waals surface area contributed by atoms with E-state index >= 15 is 0 Å². The van der Waals surface area contributed by atoms with Gasteiger partial charge in [-0.1, -0.05) is 0 Å². The van der Waals surface area contributed by atoms with Crippen LogP contribution in [-0.2, 0) is 0 Å². The van der Waals surface area contributed by atoms with E-state index in [0.717, 1.165) is 9.13 Å². The lowest BCUT2D eigenvalue weighted by atomic mass is 10.1. The molecule has 0 saturated heterocycles. The van der Waals surface area contributed by atoms with Crippen LogP contribution in [0.2, 0.25) is 0 Å². The Balaban J connectivity index is 2.16. The lowest BCUT2D eigenvalue weighted by Gasteiger charge is -2.15. The highest BCUT2D eigenvalue weighted by Gasteiger charge is 2.21. The van der Waals surface area contributed by atoms with Gasteiger partial charge >= 0.3 is 0 Å². The highest BCUT2D eigenvalue weighted by molar-refractivity contribution is 14.1. The number of benzene rings is 2. The minimum absolute atomic E-state index is 0.0160. The molecule has 2 aromatic carbocycles. The van der Waals surface area contributed by atoms with Gasteiger partial charge in [0.2, 0.25) is 5.95 Å². The molecule has 0 bridgehead atoms. The number of anilines is 3. The molecule has 3 rings (SSSR count). The van der Waals surface area contributed by atoms with Gasteiger partial charge < -0.3 is 11.1 Å². The molecule has 0 aliphatic carbocycles. The number of H-pyrrole nitrogens is 1. The Morgan fingerprint density at radius 2 is 2.00 bits per heavy atom. The predicted octanol–water partition coefficient (Wildman–Crippen LogP) is 4.75. The van der Waals surface area contributed by atoms with Crippen LogP contribution in [0.25, 0.3) is 11.4 Å². The van der Waals surface area contributed by atoms with Crippen molar-refractivity contribution >= 4 is 55.8 Å². The molecule has 0 saturated carbocycles. The second-order valence-electron chi connectivity index (χ2n) is 5.04. The molecular weight excluding hydrogens is 495 g/mol. The van der Waals surface area contributed by atoms with Crippen molar-refractivity contribution in [2.75, 3.05) is 11.1 Å². The van der Waals surface area contributed by atoms with Crippen molar-refractivity contribution in [1.29, 1.82) is 0 Å². The average Bonchev–Trinajstić information content (AvgIpc) is 2.96. The molecule has 5 nitrogen and oxygen atoms in total. The molecule has 3 aromatic rings. The zero-order valence-electron chi connectivity index (χ0n) is 12.3. The molecular formula is C15H11BrF2IN5. The van der Waals surface area contributed by atoms with Crippen LogP contribution < -0.4 is 11.1 Å².